The molecule has 2 rings (SSSR count). The molecule has 5 nitrogen and oxygen atoms in total. The number of amides is 2. The molecule has 1 aliphatic heterocycles. The highest BCUT2D eigenvalue weighted by Gasteiger charge is 2.26. The van der Waals surface area contributed by atoms with E-state index in [0.717, 1.165) is 23.9 Å². The average molecular weight is 380 g/mol. The van der Waals surface area contributed by atoms with Crippen LogP contribution in [0.5, 0.6) is 0 Å². The van der Waals surface area contributed by atoms with E-state index < -0.39 is 0 Å². The Hall–Kier alpha value is -1.40. The van der Waals surface area contributed by atoms with E-state index in [1.54, 1.807) is 11.3 Å². The summed E-state index contributed by atoms with van der Waals surface area (Å²) in [5.74, 6) is 1.18. The Morgan fingerprint density at radius 2 is 2.00 bits per heavy atom. The molecule has 0 bridgehead atoms. The van der Waals surface area contributed by atoms with Gasteiger partial charge in [-0.2, -0.15) is 0 Å². The van der Waals surface area contributed by atoms with E-state index in [1.165, 1.54) is 19.8 Å². The van der Waals surface area contributed by atoms with Crippen molar-refractivity contribution in [3.8, 4) is 0 Å². The van der Waals surface area contributed by atoms with Gasteiger partial charge in [-0.05, 0) is 49.2 Å². The summed E-state index contributed by atoms with van der Waals surface area (Å²) in [7, 11) is 0. The topological polar surface area (TPSA) is 61.4 Å². The third-order valence-corrected chi connectivity index (χ3v) is 6.20. The van der Waals surface area contributed by atoms with Crippen molar-refractivity contribution >= 4 is 23.2 Å². The van der Waals surface area contributed by atoms with Crippen LogP contribution in [0, 0.1) is 11.8 Å². The molecule has 2 heterocycles. The van der Waals surface area contributed by atoms with Gasteiger partial charge < -0.3 is 10.6 Å². The fourth-order valence-electron chi connectivity index (χ4n) is 3.58. The molecule has 1 aromatic rings. The van der Waals surface area contributed by atoms with Crippen molar-refractivity contribution in [2.24, 2.45) is 11.8 Å². The second kappa shape index (κ2) is 10.1. The third-order valence-electron chi connectivity index (χ3n) is 5.22. The molecule has 0 spiro atoms. The first-order valence-electron chi connectivity index (χ1n) is 9.68. The lowest BCUT2D eigenvalue weighted by atomic mass is 9.94. The first kappa shape index (κ1) is 20.9. The highest BCUT2D eigenvalue weighted by molar-refractivity contribution is 7.10. The van der Waals surface area contributed by atoms with Gasteiger partial charge in [0.2, 0.25) is 11.8 Å². The van der Waals surface area contributed by atoms with Crippen LogP contribution in [0.4, 0.5) is 0 Å². The molecule has 146 valence electrons. The van der Waals surface area contributed by atoms with Crippen molar-refractivity contribution in [3.05, 3.63) is 22.4 Å². The van der Waals surface area contributed by atoms with Crippen LogP contribution in [0.25, 0.3) is 0 Å². The van der Waals surface area contributed by atoms with Crippen molar-refractivity contribution < 1.29 is 9.59 Å². The molecule has 1 aromatic heterocycles. The van der Waals surface area contributed by atoms with Crippen LogP contribution in [0.1, 0.15) is 57.9 Å². The van der Waals surface area contributed by atoms with Crippen LogP contribution in [0.2, 0.25) is 0 Å². The van der Waals surface area contributed by atoms with Gasteiger partial charge in [0.25, 0.3) is 0 Å². The van der Waals surface area contributed by atoms with Gasteiger partial charge in [-0.1, -0.05) is 26.8 Å². The zero-order chi connectivity index (χ0) is 19.1. The Balaban J connectivity index is 1.89. The molecule has 26 heavy (non-hydrogen) atoms. The SMILES string of the molecule is CC(=O)N[C@H](CC(=O)NC[C@H](C(C)C)N1CCC(C)CC1)c1cccs1. The standard InChI is InChI=1S/C20H33N3O2S/c1-14(2)18(23-9-7-15(3)8-10-23)13-21-20(25)12-17(22-16(4)24)19-6-5-11-26-19/h5-6,11,14-15,17-18H,7-10,12-13H2,1-4H3,(H,21,25)(H,22,24)/t17-,18-/m1/s1. The van der Waals surface area contributed by atoms with E-state index >= 15 is 0 Å². The van der Waals surface area contributed by atoms with Crippen LogP contribution in [0.3, 0.4) is 0 Å². The smallest absolute Gasteiger partial charge is 0.222 e. The summed E-state index contributed by atoms with van der Waals surface area (Å²) in [5.41, 5.74) is 0. The number of hydrogen-bond donors (Lipinski definition) is 2. The summed E-state index contributed by atoms with van der Waals surface area (Å²) in [5, 5.41) is 7.97. The van der Waals surface area contributed by atoms with Crippen molar-refractivity contribution in [1.82, 2.24) is 15.5 Å². The van der Waals surface area contributed by atoms with Crippen molar-refractivity contribution in [2.45, 2.75) is 59.0 Å². The van der Waals surface area contributed by atoms with Crippen LogP contribution in [-0.2, 0) is 9.59 Å². The molecule has 0 aliphatic carbocycles. The predicted octanol–water partition coefficient (Wildman–Crippen LogP) is 3.19. The highest BCUT2D eigenvalue weighted by Crippen LogP contribution is 2.23. The number of likely N-dealkylation sites (tertiary alicyclic amines) is 1. The lowest BCUT2D eigenvalue weighted by Gasteiger charge is -2.39. The largest absolute Gasteiger partial charge is 0.354 e. The third kappa shape index (κ3) is 6.40. The van der Waals surface area contributed by atoms with Crippen molar-refractivity contribution in [3.63, 3.8) is 0 Å². The molecule has 1 aliphatic rings. The summed E-state index contributed by atoms with van der Waals surface area (Å²) in [4.78, 5) is 27.5. The zero-order valence-corrected chi connectivity index (χ0v) is 17.3. The molecule has 2 atom stereocenters. The number of piperidine rings is 1. The minimum atomic E-state index is -0.249. The second-order valence-electron chi connectivity index (χ2n) is 7.81. The Bertz CT molecular complexity index is 566. The Morgan fingerprint density at radius 3 is 2.54 bits per heavy atom. The van der Waals surface area contributed by atoms with Gasteiger partial charge in [-0.25, -0.2) is 0 Å². The average Bonchev–Trinajstić information content (AvgIpc) is 3.10. The lowest BCUT2D eigenvalue weighted by molar-refractivity contribution is -0.123. The van der Waals surface area contributed by atoms with Gasteiger partial charge in [0.1, 0.15) is 0 Å². The highest BCUT2D eigenvalue weighted by atomic mass is 32.1. The first-order chi connectivity index (χ1) is 12.4. The van der Waals surface area contributed by atoms with E-state index in [4.69, 9.17) is 0 Å². The number of rotatable bonds is 8. The summed E-state index contributed by atoms with van der Waals surface area (Å²) in [6.07, 6.45) is 2.75. The predicted molar refractivity (Wildman–Crippen MR) is 107 cm³/mol. The lowest BCUT2D eigenvalue weighted by Crippen LogP contribution is -2.50. The summed E-state index contributed by atoms with van der Waals surface area (Å²) >= 11 is 1.56. The minimum Gasteiger partial charge on any atom is -0.354 e. The molecule has 0 aromatic carbocycles. The van der Waals surface area contributed by atoms with Crippen LogP contribution < -0.4 is 10.6 Å². The molecule has 0 radical (unpaired) electrons. The summed E-state index contributed by atoms with van der Waals surface area (Å²) in [6, 6.07) is 4.02. The van der Waals surface area contributed by atoms with Gasteiger partial charge in [0, 0.05) is 24.4 Å². The second-order valence-corrected chi connectivity index (χ2v) is 8.79. The maximum absolute atomic E-state index is 12.5. The number of carbonyl (C=O) groups excluding carboxylic acids is 2. The molecule has 0 saturated carbocycles. The molecule has 0 unspecified atom stereocenters. The van der Waals surface area contributed by atoms with E-state index in [9.17, 15) is 9.59 Å². The maximum Gasteiger partial charge on any atom is 0.222 e. The molecule has 6 heteroatoms. The van der Waals surface area contributed by atoms with Gasteiger partial charge in [-0.15, -0.1) is 11.3 Å². The monoisotopic (exact) mass is 379 g/mol. The quantitative estimate of drug-likeness (QED) is 0.729. The van der Waals surface area contributed by atoms with Crippen LogP contribution in [-0.4, -0.2) is 42.4 Å². The van der Waals surface area contributed by atoms with Crippen molar-refractivity contribution in [2.75, 3.05) is 19.6 Å². The molecule has 1 fully saturated rings. The molecule has 1 saturated heterocycles. The fourth-order valence-corrected chi connectivity index (χ4v) is 4.36. The van der Waals surface area contributed by atoms with Crippen LogP contribution in [0.15, 0.2) is 17.5 Å². The number of hydrogen-bond acceptors (Lipinski definition) is 4. The number of nitrogens with zero attached hydrogens (tertiary/aromatic N) is 1. The Kier molecular flexibility index (Phi) is 8.10. The van der Waals surface area contributed by atoms with E-state index in [2.05, 4.69) is 36.3 Å². The fraction of sp³-hybridized carbons (Fsp3) is 0.700. The van der Waals surface area contributed by atoms with Crippen LogP contribution >= 0.6 is 11.3 Å². The molecule has 2 amide bonds. The zero-order valence-electron chi connectivity index (χ0n) is 16.5. The first-order valence-corrected chi connectivity index (χ1v) is 10.6. The summed E-state index contributed by atoms with van der Waals surface area (Å²) < 4.78 is 0. The van der Waals surface area contributed by atoms with Gasteiger partial charge in [0.15, 0.2) is 0 Å². The Labute approximate surface area is 161 Å². The van der Waals surface area contributed by atoms with Gasteiger partial charge in [0.05, 0.1) is 12.5 Å². The maximum atomic E-state index is 12.5. The van der Waals surface area contributed by atoms with E-state index in [-0.39, 0.29) is 24.3 Å². The molecular weight excluding hydrogens is 346 g/mol. The molecular formula is C20H33N3O2S. The Morgan fingerprint density at radius 1 is 1.31 bits per heavy atom. The summed E-state index contributed by atoms with van der Waals surface area (Å²) in [6.45, 7) is 11.2. The molecule has 2 N–H and O–H groups in total. The minimum absolute atomic E-state index is 0.00632. The number of thiophene rings is 1. The number of nitrogens with one attached hydrogen (secondary N) is 2. The van der Waals surface area contributed by atoms with E-state index in [1.807, 2.05) is 17.5 Å². The van der Waals surface area contributed by atoms with Crippen molar-refractivity contribution in [1.29, 1.82) is 0 Å². The van der Waals surface area contributed by atoms with E-state index in [0.29, 0.717) is 18.5 Å². The van der Waals surface area contributed by atoms with Gasteiger partial charge in [-0.3, -0.25) is 14.5 Å². The normalized spacial score (nSPS) is 18.5. The van der Waals surface area contributed by atoms with Gasteiger partial charge >= 0.3 is 0 Å². The number of carbonyl (C=O) groups is 2.